The number of imide groups is 1. The average Bonchev–Trinajstić information content (AvgIpc) is 3.40. The molecule has 2 aliphatic rings. The van der Waals surface area contributed by atoms with Gasteiger partial charge in [0.15, 0.2) is 6.10 Å². The standard InChI is InChI=1S/C21H15ClN2O3S/c22-13-6-4-9-15(12-13)23-20(25)17-18(16-10-5-11-28-16)24(27-19(17)21(23)26)14-7-2-1-3-8-14/h1-12,17-19H/t17-,18-,19-/m1/s1. The Hall–Kier alpha value is -2.67. The summed E-state index contributed by atoms with van der Waals surface area (Å²) in [5.74, 6) is -1.25. The van der Waals surface area contributed by atoms with Crippen LogP contribution >= 0.6 is 22.9 Å². The van der Waals surface area contributed by atoms with Crippen LogP contribution in [0.2, 0.25) is 5.02 Å². The van der Waals surface area contributed by atoms with E-state index in [0.29, 0.717) is 10.7 Å². The van der Waals surface area contributed by atoms with Crippen LogP contribution < -0.4 is 9.96 Å². The largest absolute Gasteiger partial charge is 0.273 e. The molecule has 0 N–H and O–H groups in total. The third kappa shape index (κ3) is 2.64. The molecule has 0 aliphatic carbocycles. The number of thiophene rings is 1. The van der Waals surface area contributed by atoms with E-state index in [1.165, 1.54) is 4.90 Å². The van der Waals surface area contributed by atoms with Gasteiger partial charge >= 0.3 is 0 Å². The normalized spacial score (nSPS) is 24.1. The van der Waals surface area contributed by atoms with Crippen LogP contribution in [-0.4, -0.2) is 17.9 Å². The van der Waals surface area contributed by atoms with E-state index in [4.69, 9.17) is 16.4 Å². The van der Waals surface area contributed by atoms with Gasteiger partial charge in [-0.2, -0.15) is 0 Å². The summed E-state index contributed by atoms with van der Waals surface area (Å²) in [5.41, 5.74) is 1.28. The molecular weight excluding hydrogens is 396 g/mol. The number of anilines is 2. The van der Waals surface area contributed by atoms with E-state index in [1.807, 2.05) is 47.8 Å². The number of hydrogen-bond donors (Lipinski definition) is 0. The molecule has 0 spiro atoms. The highest BCUT2D eigenvalue weighted by Gasteiger charge is 2.60. The summed E-state index contributed by atoms with van der Waals surface area (Å²) in [5, 5.41) is 4.13. The fourth-order valence-corrected chi connectivity index (χ4v) is 4.87. The number of amides is 2. The third-order valence-electron chi connectivity index (χ3n) is 5.03. The summed E-state index contributed by atoms with van der Waals surface area (Å²) in [6.07, 6.45) is -0.862. The van der Waals surface area contributed by atoms with E-state index < -0.39 is 12.0 Å². The van der Waals surface area contributed by atoms with Gasteiger partial charge in [0, 0.05) is 9.90 Å². The zero-order chi connectivity index (χ0) is 19.3. The molecule has 7 heteroatoms. The molecule has 0 bridgehead atoms. The second-order valence-corrected chi connectivity index (χ2v) is 8.08. The molecule has 28 heavy (non-hydrogen) atoms. The van der Waals surface area contributed by atoms with Crippen LogP contribution in [0.25, 0.3) is 0 Å². The molecule has 0 saturated carbocycles. The van der Waals surface area contributed by atoms with E-state index in [0.717, 1.165) is 10.6 Å². The fraction of sp³-hybridized carbons (Fsp3) is 0.143. The summed E-state index contributed by atoms with van der Waals surface area (Å²) in [7, 11) is 0. The number of para-hydroxylation sites is 1. The molecule has 3 aromatic rings. The van der Waals surface area contributed by atoms with Crippen LogP contribution in [0.4, 0.5) is 11.4 Å². The second-order valence-electron chi connectivity index (χ2n) is 6.67. The molecule has 1 aromatic heterocycles. The van der Waals surface area contributed by atoms with Crippen LogP contribution in [0.15, 0.2) is 72.1 Å². The van der Waals surface area contributed by atoms with Gasteiger partial charge < -0.3 is 0 Å². The molecule has 5 rings (SSSR count). The lowest BCUT2D eigenvalue weighted by Gasteiger charge is -2.27. The highest BCUT2D eigenvalue weighted by molar-refractivity contribution is 7.10. The van der Waals surface area contributed by atoms with Gasteiger partial charge in [-0.15, -0.1) is 11.3 Å². The number of nitrogens with zero attached hydrogens (tertiary/aromatic N) is 2. The topological polar surface area (TPSA) is 49.9 Å². The summed E-state index contributed by atoms with van der Waals surface area (Å²) < 4.78 is 0. The van der Waals surface area contributed by atoms with Gasteiger partial charge in [-0.3, -0.25) is 14.4 Å². The summed E-state index contributed by atoms with van der Waals surface area (Å²) in [4.78, 5) is 34.7. The minimum atomic E-state index is -0.862. The van der Waals surface area contributed by atoms with E-state index in [2.05, 4.69) is 0 Å². The Bertz CT molecular complexity index is 1040. The van der Waals surface area contributed by atoms with Crippen LogP contribution in [0, 0.1) is 5.92 Å². The lowest BCUT2D eigenvalue weighted by Crippen LogP contribution is -2.37. The van der Waals surface area contributed by atoms with Crippen molar-refractivity contribution in [3.63, 3.8) is 0 Å². The Morgan fingerprint density at radius 3 is 2.39 bits per heavy atom. The molecule has 3 heterocycles. The Labute approximate surface area is 170 Å². The first-order valence-electron chi connectivity index (χ1n) is 8.83. The van der Waals surface area contributed by atoms with Crippen LogP contribution in [0.1, 0.15) is 10.9 Å². The quantitative estimate of drug-likeness (QED) is 0.598. The summed E-state index contributed by atoms with van der Waals surface area (Å²) >= 11 is 7.61. The van der Waals surface area contributed by atoms with Crippen molar-refractivity contribution in [2.75, 3.05) is 9.96 Å². The number of rotatable bonds is 3. The number of fused-ring (bicyclic) bond motifs is 1. The molecule has 5 nitrogen and oxygen atoms in total. The fourth-order valence-electron chi connectivity index (χ4n) is 3.83. The minimum Gasteiger partial charge on any atom is -0.273 e. The number of carbonyl (C=O) groups excluding carboxylic acids is 2. The molecule has 0 unspecified atom stereocenters. The minimum absolute atomic E-state index is 0.269. The number of hydroxylamine groups is 1. The maximum absolute atomic E-state index is 13.4. The monoisotopic (exact) mass is 410 g/mol. The molecule has 2 fully saturated rings. The predicted molar refractivity (Wildman–Crippen MR) is 108 cm³/mol. The van der Waals surface area contributed by atoms with Crippen molar-refractivity contribution in [2.24, 2.45) is 5.92 Å². The van der Waals surface area contributed by atoms with Gasteiger partial charge in [-0.25, -0.2) is 9.96 Å². The maximum atomic E-state index is 13.4. The van der Waals surface area contributed by atoms with E-state index in [-0.39, 0.29) is 17.9 Å². The van der Waals surface area contributed by atoms with Crippen molar-refractivity contribution >= 4 is 46.1 Å². The highest BCUT2D eigenvalue weighted by Crippen LogP contribution is 2.48. The Morgan fingerprint density at radius 2 is 1.68 bits per heavy atom. The first-order chi connectivity index (χ1) is 13.6. The van der Waals surface area contributed by atoms with Crippen molar-refractivity contribution in [1.82, 2.24) is 0 Å². The van der Waals surface area contributed by atoms with Gasteiger partial charge in [0.1, 0.15) is 12.0 Å². The smallest absolute Gasteiger partial charge is 0.266 e. The first-order valence-corrected chi connectivity index (χ1v) is 10.1. The molecule has 2 saturated heterocycles. The lowest BCUT2D eigenvalue weighted by molar-refractivity contribution is -0.126. The van der Waals surface area contributed by atoms with E-state index >= 15 is 0 Å². The predicted octanol–water partition coefficient (Wildman–Crippen LogP) is 4.45. The van der Waals surface area contributed by atoms with Gasteiger partial charge in [-0.05, 0) is 41.8 Å². The van der Waals surface area contributed by atoms with E-state index in [9.17, 15) is 9.59 Å². The molecule has 3 atom stereocenters. The van der Waals surface area contributed by atoms with Crippen LogP contribution in [-0.2, 0) is 14.4 Å². The first kappa shape index (κ1) is 17.4. The molecule has 2 amide bonds. The Morgan fingerprint density at radius 1 is 0.893 bits per heavy atom. The number of benzene rings is 2. The lowest BCUT2D eigenvalue weighted by atomic mass is 9.95. The summed E-state index contributed by atoms with van der Waals surface area (Å²) in [6.45, 7) is 0. The number of hydrogen-bond acceptors (Lipinski definition) is 5. The third-order valence-corrected chi connectivity index (χ3v) is 6.21. The van der Waals surface area contributed by atoms with Crippen molar-refractivity contribution in [1.29, 1.82) is 0 Å². The molecule has 2 aliphatic heterocycles. The molecule has 140 valence electrons. The van der Waals surface area contributed by atoms with Gasteiger partial charge in [0.2, 0.25) is 5.91 Å². The maximum Gasteiger partial charge on any atom is 0.266 e. The number of halogens is 1. The van der Waals surface area contributed by atoms with Crippen molar-refractivity contribution in [2.45, 2.75) is 12.1 Å². The van der Waals surface area contributed by atoms with Crippen LogP contribution in [0.3, 0.4) is 0 Å². The van der Waals surface area contributed by atoms with Crippen molar-refractivity contribution in [3.05, 3.63) is 82.0 Å². The number of carbonyl (C=O) groups is 2. The summed E-state index contributed by atoms with van der Waals surface area (Å²) in [6, 6.07) is 19.8. The Kier molecular flexibility index (Phi) is 4.19. The Balaban J connectivity index is 1.57. The highest BCUT2D eigenvalue weighted by atomic mass is 35.5. The van der Waals surface area contributed by atoms with Gasteiger partial charge in [0.25, 0.3) is 5.91 Å². The second kappa shape index (κ2) is 6.74. The molecular formula is C21H15ClN2O3S. The zero-order valence-corrected chi connectivity index (χ0v) is 16.1. The van der Waals surface area contributed by atoms with Crippen molar-refractivity contribution in [3.8, 4) is 0 Å². The average molecular weight is 411 g/mol. The zero-order valence-electron chi connectivity index (χ0n) is 14.6. The molecule has 0 radical (unpaired) electrons. The van der Waals surface area contributed by atoms with Crippen molar-refractivity contribution < 1.29 is 14.4 Å². The van der Waals surface area contributed by atoms with Crippen LogP contribution in [0.5, 0.6) is 0 Å². The SMILES string of the molecule is O=C1[C@@H]2[C@@H](c3cccs3)N(c3ccccc3)O[C@H]2C(=O)N1c1cccc(Cl)c1. The van der Waals surface area contributed by atoms with E-state index in [1.54, 1.807) is 40.7 Å². The molecule has 2 aromatic carbocycles. The van der Waals surface area contributed by atoms with Gasteiger partial charge in [0.05, 0.1) is 11.4 Å². The van der Waals surface area contributed by atoms with Gasteiger partial charge in [-0.1, -0.05) is 41.9 Å².